The molecule has 3 atom stereocenters. The van der Waals surface area contributed by atoms with Crippen molar-refractivity contribution in [2.75, 3.05) is 0 Å². The molecule has 0 N–H and O–H groups in total. The van der Waals surface area contributed by atoms with Gasteiger partial charge in [-0.2, -0.15) is 0 Å². The summed E-state index contributed by atoms with van der Waals surface area (Å²) < 4.78 is 0.326. The Morgan fingerprint density at radius 1 is 0.800 bits per heavy atom. The van der Waals surface area contributed by atoms with Gasteiger partial charge in [0.2, 0.25) is 0 Å². The molecule has 1 fully saturated rings. The summed E-state index contributed by atoms with van der Waals surface area (Å²) in [5.41, 5.74) is 14.1. The van der Waals surface area contributed by atoms with Crippen molar-refractivity contribution in [3.05, 3.63) is 105 Å². The summed E-state index contributed by atoms with van der Waals surface area (Å²) in [5, 5.41) is 0. The van der Waals surface area contributed by atoms with Crippen LogP contribution in [-0.4, -0.2) is 5.92 Å². The Balaban J connectivity index is 1.54. The van der Waals surface area contributed by atoms with E-state index in [2.05, 4.69) is 127 Å². The molecule has 0 bridgehead atoms. The molecule has 0 radical (unpaired) electrons. The van der Waals surface area contributed by atoms with Crippen LogP contribution in [0.5, 0.6) is 0 Å². The van der Waals surface area contributed by atoms with Crippen LogP contribution in [0, 0.1) is 11.8 Å². The Labute approximate surface area is 282 Å². The summed E-state index contributed by atoms with van der Waals surface area (Å²) in [6.45, 7) is 19.0. The molecule has 0 aromatic heterocycles. The number of rotatable bonds is 8. The minimum atomic E-state index is -4.76. The Morgan fingerprint density at radius 2 is 1.42 bits per heavy atom. The standard InChI is InChI=1S/C20H27.C19H19.C2H7Si.2ClH.Zr/c1-4-15(3)19-7-5-6-17-12-18(13-20(17)19)16-10-8-14(2)9-11-16;1-13(2)15-7-9-16(10-8-15)18-6-4-5-17-11-14(3)12-19(17)18;1-3-2;;;/h5-7,12-16H,4,8-11H2,1-3H3;4-13H,1-3H3;3H,1-2H3;2*1H;/q;;;;;+2/p-2. The van der Waals surface area contributed by atoms with Gasteiger partial charge in [-0.15, -0.1) is 0 Å². The van der Waals surface area contributed by atoms with Crippen LogP contribution in [0.2, 0.25) is 13.1 Å². The minimum absolute atomic E-state index is 0.139. The molecule has 0 heterocycles. The van der Waals surface area contributed by atoms with E-state index in [1.807, 2.05) is 0 Å². The average molecular weight is 736 g/mol. The molecule has 4 heteroatoms. The summed E-state index contributed by atoms with van der Waals surface area (Å²) in [5.74, 6) is 0.855. The van der Waals surface area contributed by atoms with Crippen LogP contribution in [0.1, 0.15) is 126 Å². The van der Waals surface area contributed by atoms with Crippen molar-refractivity contribution >= 4 is 35.1 Å². The van der Waals surface area contributed by atoms with Crippen molar-refractivity contribution in [3.8, 4) is 11.1 Å². The number of allylic oxidation sites excluding steroid dienone is 2. The van der Waals surface area contributed by atoms with Crippen LogP contribution in [0.25, 0.3) is 23.3 Å². The summed E-state index contributed by atoms with van der Waals surface area (Å²) in [4.78, 5) is 0. The van der Waals surface area contributed by atoms with Gasteiger partial charge in [-0.3, -0.25) is 0 Å². The van der Waals surface area contributed by atoms with Crippen LogP contribution in [0.15, 0.2) is 71.8 Å². The van der Waals surface area contributed by atoms with Crippen LogP contribution in [-0.2, 0) is 15.6 Å². The number of fused-ring (bicyclic) bond motifs is 2. The third kappa shape index (κ3) is 5.61. The van der Waals surface area contributed by atoms with Gasteiger partial charge in [-0.05, 0) is 0 Å². The third-order valence-electron chi connectivity index (χ3n) is 12.1. The normalized spacial score (nSPS) is 24.6. The molecule has 3 aliphatic carbocycles. The fraction of sp³-hybridized carbons (Fsp3) is 0.463. The van der Waals surface area contributed by atoms with Crippen molar-refractivity contribution in [2.24, 2.45) is 11.8 Å². The molecule has 239 valence electrons. The van der Waals surface area contributed by atoms with Crippen molar-refractivity contribution < 1.29 is 15.6 Å². The first-order valence-electron chi connectivity index (χ1n) is 17.7. The molecular formula is C41H53Cl2SiZr. The van der Waals surface area contributed by atoms with Gasteiger partial charge in [0.1, 0.15) is 0 Å². The predicted molar refractivity (Wildman–Crippen MR) is 200 cm³/mol. The summed E-state index contributed by atoms with van der Waals surface area (Å²) in [6, 6.07) is 23.2. The number of benzene rings is 3. The predicted octanol–water partition coefficient (Wildman–Crippen LogP) is 13.4. The summed E-state index contributed by atoms with van der Waals surface area (Å²) >= 11 is -4.76. The Morgan fingerprint density at radius 3 is 2.02 bits per heavy atom. The van der Waals surface area contributed by atoms with Crippen molar-refractivity contribution in [2.45, 2.75) is 106 Å². The van der Waals surface area contributed by atoms with Gasteiger partial charge in [-0.25, -0.2) is 0 Å². The zero-order valence-electron chi connectivity index (χ0n) is 28.8. The third-order valence-corrected chi connectivity index (χ3v) is 64.1. The molecule has 3 aliphatic rings. The van der Waals surface area contributed by atoms with E-state index in [9.17, 15) is 0 Å². The van der Waals surface area contributed by atoms with Gasteiger partial charge in [0.25, 0.3) is 0 Å². The van der Waals surface area contributed by atoms with Gasteiger partial charge in [0.15, 0.2) is 0 Å². The fourth-order valence-corrected chi connectivity index (χ4v) is 41.0. The van der Waals surface area contributed by atoms with E-state index in [-0.39, 0.29) is 7.25 Å². The molecule has 0 aliphatic heterocycles. The van der Waals surface area contributed by atoms with Crippen LogP contribution < -0.4 is 0 Å². The second-order valence-corrected chi connectivity index (χ2v) is 58.0. The van der Waals surface area contributed by atoms with Crippen molar-refractivity contribution in [1.82, 2.24) is 0 Å². The first kappa shape index (κ1) is 33.7. The van der Waals surface area contributed by atoms with E-state index in [0.717, 1.165) is 12.3 Å². The first-order valence-corrected chi connectivity index (χ1v) is 34.0. The number of halogens is 2. The fourth-order valence-electron chi connectivity index (χ4n) is 9.08. The molecule has 1 saturated carbocycles. The van der Waals surface area contributed by atoms with Gasteiger partial charge >= 0.3 is 285 Å². The molecule has 3 aromatic carbocycles. The zero-order chi connectivity index (χ0) is 32.3. The maximum atomic E-state index is 8.71. The van der Waals surface area contributed by atoms with Crippen molar-refractivity contribution in [3.63, 3.8) is 0 Å². The van der Waals surface area contributed by atoms with E-state index < -0.39 is 21.5 Å². The number of hydrogen-bond acceptors (Lipinski definition) is 0. The van der Waals surface area contributed by atoms with Crippen LogP contribution in [0.3, 0.4) is 0 Å². The van der Waals surface area contributed by atoms with E-state index in [4.69, 9.17) is 17.0 Å². The van der Waals surface area contributed by atoms with Gasteiger partial charge in [0.05, 0.1) is 0 Å². The van der Waals surface area contributed by atoms with Crippen LogP contribution >= 0.6 is 17.0 Å². The quantitative estimate of drug-likeness (QED) is 0.202. The second-order valence-electron chi connectivity index (χ2n) is 15.5. The Kier molecular flexibility index (Phi) is 9.51. The molecule has 0 saturated heterocycles. The monoisotopic (exact) mass is 733 g/mol. The van der Waals surface area contributed by atoms with Gasteiger partial charge < -0.3 is 0 Å². The first-order chi connectivity index (χ1) is 21.4. The molecule has 3 aromatic rings. The van der Waals surface area contributed by atoms with Crippen LogP contribution in [0.4, 0.5) is 0 Å². The molecule has 45 heavy (non-hydrogen) atoms. The number of hydrogen-bond donors (Lipinski definition) is 0. The Hall–Kier alpha value is -1.18. The molecule has 3 unspecified atom stereocenters. The molecule has 0 nitrogen and oxygen atoms in total. The summed E-state index contributed by atoms with van der Waals surface area (Å²) in [7, 11) is 17.4. The second kappa shape index (κ2) is 12.7. The topological polar surface area (TPSA) is 0 Å². The van der Waals surface area contributed by atoms with E-state index in [1.54, 1.807) is 5.57 Å². The maximum absolute atomic E-state index is 8.71. The SMILES string of the molecule is CCC(C)c1cccc2c1C=C(C1CCC(C)CC1)[CH]2[Zr]([Cl])([Cl])([CH]1C(C)=Cc2c(-c3ccc(C(C)C)cc3)cccc21)[SiH](C)C. The zero-order valence-corrected chi connectivity index (χ0v) is 33.9. The van der Waals surface area contributed by atoms with Gasteiger partial charge in [-0.1, -0.05) is 0 Å². The van der Waals surface area contributed by atoms with Crippen molar-refractivity contribution in [1.29, 1.82) is 0 Å². The van der Waals surface area contributed by atoms with E-state index >= 15 is 0 Å². The van der Waals surface area contributed by atoms with E-state index in [0.29, 0.717) is 17.8 Å². The molecular weight excluding hydrogens is 683 g/mol. The average Bonchev–Trinajstić information content (AvgIpc) is 3.59. The molecule has 0 spiro atoms. The van der Waals surface area contributed by atoms with Gasteiger partial charge in [0, 0.05) is 0 Å². The van der Waals surface area contributed by atoms with E-state index in [1.165, 1.54) is 75.8 Å². The molecule has 0 amide bonds. The Bertz CT molecular complexity index is 1640. The summed E-state index contributed by atoms with van der Waals surface area (Å²) in [6.07, 6.45) is 11.4. The molecule has 6 rings (SSSR count).